The molecule has 0 amide bonds. The quantitative estimate of drug-likeness (QED) is 0.692. The third-order valence-electron chi connectivity index (χ3n) is 4.40. The zero-order valence-corrected chi connectivity index (χ0v) is 13.1. The largest absolute Gasteiger partial charge is 0.477 e. The summed E-state index contributed by atoms with van der Waals surface area (Å²) in [5.74, 6) is -0.941. The highest BCUT2D eigenvalue weighted by Gasteiger charge is 2.19. The van der Waals surface area contributed by atoms with E-state index in [2.05, 4.69) is 29.3 Å². The number of allylic oxidation sites excluding steroid dienone is 4. The van der Waals surface area contributed by atoms with Crippen molar-refractivity contribution in [2.45, 2.75) is 12.8 Å². The molecule has 1 aliphatic rings. The van der Waals surface area contributed by atoms with E-state index in [0.29, 0.717) is 0 Å². The van der Waals surface area contributed by atoms with Crippen molar-refractivity contribution in [3.63, 3.8) is 0 Å². The van der Waals surface area contributed by atoms with Gasteiger partial charge < -0.3 is 10.1 Å². The molecular formula is C21H17NO2. The van der Waals surface area contributed by atoms with E-state index in [1.807, 2.05) is 42.5 Å². The number of benzene rings is 2. The Morgan fingerprint density at radius 1 is 1.00 bits per heavy atom. The molecule has 2 N–H and O–H groups in total. The lowest BCUT2D eigenvalue weighted by molar-refractivity contribution is 0.0692. The van der Waals surface area contributed by atoms with Gasteiger partial charge in [0, 0.05) is 16.5 Å². The lowest BCUT2D eigenvalue weighted by atomic mass is 9.96. The Morgan fingerprint density at radius 2 is 1.83 bits per heavy atom. The number of aromatic carboxylic acids is 1. The normalized spacial score (nSPS) is 13.9. The summed E-state index contributed by atoms with van der Waals surface area (Å²) < 4.78 is 0. The molecule has 1 heterocycles. The van der Waals surface area contributed by atoms with Crippen molar-refractivity contribution in [2.24, 2.45) is 0 Å². The molecule has 118 valence electrons. The summed E-state index contributed by atoms with van der Waals surface area (Å²) in [4.78, 5) is 14.8. The van der Waals surface area contributed by atoms with Gasteiger partial charge in [-0.1, -0.05) is 54.6 Å². The van der Waals surface area contributed by atoms with Crippen molar-refractivity contribution in [3.8, 4) is 11.1 Å². The van der Waals surface area contributed by atoms with Crippen LogP contribution in [0.2, 0.25) is 0 Å². The molecule has 0 spiro atoms. The number of carboxylic acids is 1. The second kappa shape index (κ2) is 5.85. The lowest BCUT2D eigenvalue weighted by Crippen LogP contribution is -1.98. The van der Waals surface area contributed by atoms with Crippen molar-refractivity contribution in [2.75, 3.05) is 0 Å². The number of hydrogen-bond donors (Lipinski definition) is 2. The van der Waals surface area contributed by atoms with Crippen molar-refractivity contribution in [1.82, 2.24) is 4.98 Å². The van der Waals surface area contributed by atoms with E-state index >= 15 is 0 Å². The van der Waals surface area contributed by atoms with Gasteiger partial charge in [-0.25, -0.2) is 4.79 Å². The van der Waals surface area contributed by atoms with E-state index in [1.54, 1.807) is 0 Å². The van der Waals surface area contributed by atoms with Crippen LogP contribution in [0.4, 0.5) is 0 Å². The Bertz CT molecular complexity index is 978. The van der Waals surface area contributed by atoms with E-state index in [4.69, 9.17) is 0 Å². The number of aromatic nitrogens is 1. The average Bonchev–Trinajstić information content (AvgIpc) is 3.02. The first-order valence-electron chi connectivity index (χ1n) is 8.05. The molecule has 0 atom stereocenters. The van der Waals surface area contributed by atoms with Crippen LogP contribution in [0.15, 0.2) is 66.8 Å². The number of nitrogens with one attached hydrogen (secondary N) is 1. The Labute approximate surface area is 140 Å². The van der Waals surface area contributed by atoms with Gasteiger partial charge in [-0.15, -0.1) is 0 Å². The fourth-order valence-corrected chi connectivity index (χ4v) is 3.26. The van der Waals surface area contributed by atoms with Crippen LogP contribution in [0.3, 0.4) is 0 Å². The predicted molar refractivity (Wildman–Crippen MR) is 97.0 cm³/mol. The summed E-state index contributed by atoms with van der Waals surface area (Å²) in [6.45, 7) is 0. The third-order valence-corrected chi connectivity index (χ3v) is 4.40. The summed E-state index contributed by atoms with van der Waals surface area (Å²) in [5.41, 5.74) is 5.05. The molecule has 3 nitrogen and oxygen atoms in total. The van der Waals surface area contributed by atoms with Gasteiger partial charge in [-0.05, 0) is 41.7 Å². The number of carboxylic acid groups (broad SMARTS) is 1. The fraction of sp³-hybridized carbons (Fsp3) is 0.0952. The van der Waals surface area contributed by atoms with Gasteiger partial charge in [0.25, 0.3) is 0 Å². The molecule has 1 aromatic heterocycles. The van der Waals surface area contributed by atoms with Crippen molar-refractivity contribution >= 4 is 22.4 Å². The van der Waals surface area contributed by atoms with Crippen molar-refractivity contribution in [3.05, 3.63) is 78.0 Å². The van der Waals surface area contributed by atoms with Gasteiger partial charge >= 0.3 is 5.97 Å². The number of fused-ring (bicyclic) bond motifs is 1. The predicted octanol–water partition coefficient (Wildman–Crippen LogP) is 5.27. The van der Waals surface area contributed by atoms with Gasteiger partial charge in [0.1, 0.15) is 5.69 Å². The van der Waals surface area contributed by atoms with Crippen LogP contribution >= 0.6 is 0 Å². The molecule has 3 heteroatoms. The molecule has 0 unspecified atom stereocenters. The highest BCUT2D eigenvalue weighted by atomic mass is 16.4. The van der Waals surface area contributed by atoms with E-state index in [-0.39, 0.29) is 5.69 Å². The number of aromatic amines is 1. The topological polar surface area (TPSA) is 53.1 Å². The highest BCUT2D eigenvalue weighted by molar-refractivity contribution is 6.08. The summed E-state index contributed by atoms with van der Waals surface area (Å²) in [6, 6.07) is 15.8. The van der Waals surface area contributed by atoms with E-state index < -0.39 is 5.97 Å². The molecule has 4 rings (SSSR count). The zero-order chi connectivity index (χ0) is 16.5. The van der Waals surface area contributed by atoms with Crippen LogP contribution in [0.1, 0.15) is 28.9 Å². The zero-order valence-electron chi connectivity index (χ0n) is 13.1. The molecule has 1 aliphatic carbocycles. The standard InChI is InChI=1S/C21H17NO2/c23-21(24)20-19(15-9-5-2-6-10-15)17-13-16(11-12-18(17)22-20)14-7-3-1-4-8-14/h2-3,5-13,22H,1,4H2,(H,23,24). The molecule has 2 aromatic carbocycles. The molecular weight excluding hydrogens is 298 g/mol. The fourth-order valence-electron chi connectivity index (χ4n) is 3.26. The van der Waals surface area contributed by atoms with Gasteiger partial charge in [0.2, 0.25) is 0 Å². The molecule has 0 saturated carbocycles. The Balaban J connectivity index is 1.97. The maximum atomic E-state index is 11.7. The molecule has 0 fully saturated rings. The van der Waals surface area contributed by atoms with Crippen LogP contribution in [0, 0.1) is 0 Å². The van der Waals surface area contributed by atoms with Gasteiger partial charge in [-0.3, -0.25) is 0 Å². The monoisotopic (exact) mass is 315 g/mol. The maximum absolute atomic E-state index is 11.7. The molecule has 0 bridgehead atoms. The number of rotatable bonds is 3. The summed E-state index contributed by atoms with van der Waals surface area (Å²) >= 11 is 0. The summed E-state index contributed by atoms with van der Waals surface area (Å²) in [7, 11) is 0. The second-order valence-electron chi connectivity index (χ2n) is 5.95. The first kappa shape index (κ1) is 14.5. The van der Waals surface area contributed by atoms with Crippen LogP contribution in [0.5, 0.6) is 0 Å². The lowest BCUT2D eigenvalue weighted by Gasteiger charge is -2.08. The molecule has 0 radical (unpaired) electrons. The SMILES string of the molecule is O=C(O)c1[nH]c2ccc(C3=CCCC=C3)cc2c1-c1ccccc1. The molecule has 0 aliphatic heterocycles. The summed E-state index contributed by atoms with van der Waals surface area (Å²) in [6.07, 6.45) is 8.67. The highest BCUT2D eigenvalue weighted by Crippen LogP contribution is 2.35. The molecule has 3 aromatic rings. The average molecular weight is 315 g/mol. The van der Waals surface area contributed by atoms with E-state index in [9.17, 15) is 9.90 Å². The van der Waals surface area contributed by atoms with Crippen LogP contribution in [-0.4, -0.2) is 16.1 Å². The number of carbonyl (C=O) groups is 1. The van der Waals surface area contributed by atoms with Crippen molar-refractivity contribution < 1.29 is 9.90 Å². The maximum Gasteiger partial charge on any atom is 0.352 e. The minimum absolute atomic E-state index is 0.238. The number of H-pyrrole nitrogens is 1. The van der Waals surface area contributed by atoms with E-state index in [0.717, 1.165) is 40.4 Å². The molecule has 24 heavy (non-hydrogen) atoms. The first-order valence-corrected chi connectivity index (χ1v) is 8.05. The van der Waals surface area contributed by atoms with Crippen LogP contribution in [-0.2, 0) is 0 Å². The Hall–Kier alpha value is -3.07. The smallest absolute Gasteiger partial charge is 0.352 e. The van der Waals surface area contributed by atoms with Gasteiger partial charge in [0.15, 0.2) is 0 Å². The third kappa shape index (κ3) is 2.44. The van der Waals surface area contributed by atoms with Gasteiger partial charge in [-0.2, -0.15) is 0 Å². The Morgan fingerprint density at radius 3 is 2.54 bits per heavy atom. The molecule has 0 saturated heterocycles. The van der Waals surface area contributed by atoms with Crippen LogP contribution < -0.4 is 0 Å². The van der Waals surface area contributed by atoms with E-state index in [1.165, 1.54) is 5.57 Å². The number of hydrogen-bond acceptors (Lipinski definition) is 1. The summed E-state index contributed by atoms with van der Waals surface area (Å²) in [5, 5.41) is 10.5. The van der Waals surface area contributed by atoms with Crippen LogP contribution in [0.25, 0.3) is 27.6 Å². The second-order valence-corrected chi connectivity index (χ2v) is 5.95. The minimum Gasteiger partial charge on any atom is -0.477 e. The minimum atomic E-state index is -0.941. The van der Waals surface area contributed by atoms with Gasteiger partial charge in [0.05, 0.1) is 0 Å². The first-order chi connectivity index (χ1) is 11.7. The van der Waals surface area contributed by atoms with Crippen molar-refractivity contribution in [1.29, 1.82) is 0 Å². The Kier molecular flexibility index (Phi) is 3.54.